The van der Waals surface area contributed by atoms with Crippen molar-refractivity contribution in [3.63, 3.8) is 0 Å². The van der Waals surface area contributed by atoms with Crippen LogP contribution in [0, 0.1) is 17.6 Å². The van der Waals surface area contributed by atoms with E-state index in [2.05, 4.69) is 0 Å². The van der Waals surface area contributed by atoms with Crippen LogP contribution in [0.2, 0.25) is 0 Å². The van der Waals surface area contributed by atoms with Gasteiger partial charge in [-0.1, -0.05) is 6.92 Å². The van der Waals surface area contributed by atoms with E-state index >= 15 is 0 Å². The minimum absolute atomic E-state index is 0.0371. The predicted octanol–water partition coefficient (Wildman–Crippen LogP) is 2.47. The molecule has 0 fully saturated rings. The van der Waals surface area contributed by atoms with Crippen molar-refractivity contribution in [1.82, 2.24) is 0 Å². The van der Waals surface area contributed by atoms with E-state index in [-0.39, 0.29) is 17.9 Å². The zero-order chi connectivity index (χ0) is 13.0. The van der Waals surface area contributed by atoms with Crippen molar-refractivity contribution in [2.75, 3.05) is 0 Å². The van der Waals surface area contributed by atoms with Gasteiger partial charge in [0.25, 0.3) is 0 Å². The lowest BCUT2D eigenvalue weighted by atomic mass is 9.94. The van der Waals surface area contributed by atoms with Crippen LogP contribution in [0.25, 0.3) is 0 Å². The standard InChI is InChI=1S/C12H15F2NO2/c1-7(5-12(16)17)4-11(15)9-6-8(13)2-3-10(9)14/h2-3,6-7,11H,4-5,15H2,1H3,(H,16,17). The van der Waals surface area contributed by atoms with Crippen LogP contribution in [0.5, 0.6) is 0 Å². The van der Waals surface area contributed by atoms with E-state index in [0.29, 0.717) is 6.42 Å². The molecule has 1 aromatic carbocycles. The predicted molar refractivity (Wildman–Crippen MR) is 59.3 cm³/mol. The largest absolute Gasteiger partial charge is 0.481 e. The Kier molecular flexibility index (Phi) is 4.57. The minimum atomic E-state index is -0.926. The normalized spacial score (nSPS) is 14.4. The number of carboxylic acid groups (broad SMARTS) is 1. The first-order valence-electron chi connectivity index (χ1n) is 5.32. The van der Waals surface area contributed by atoms with Crippen molar-refractivity contribution in [3.8, 4) is 0 Å². The fourth-order valence-electron chi connectivity index (χ4n) is 1.74. The molecule has 0 radical (unpaired) electrons. The van der Waals surface area contributed by atoms with Gasteiger partial charge in [0, 0.05) is 18.0 Å². The average Bonchev–Trinajstić information content (AvgIpc) is 2.20. The minimum Gasteiger partial charge on any atom is -0.481 e. The number of hydrogen-bond donors (Lipinski definition) is 2. The van der Waals surface area contributed by atoms with E-state index in [1.165, 1.54) is 0 Å². The van der Waals surface area contributed by atoms with E-state index in [1.807, 2.05) is 0 Å². The maximum atomic E-state index is 13.4. The Morgan fingerprint density at radius 2 is 2.12 bits per heavy atom. The van der Waals surface area contributed by atoms with Crippen LogP contribution < -0.4 is 5.73 Å². The summed E-state index contributed by atoms with van der Waals surface area (Å²) in [6.07, 6.45) is 0.261. The molecule has 2 atom stereocenters. The molecule has 3 nitrogen and oxygen atoms in total. The molecular weight excluding hydrogens is 228 g/mol. The molecule has 3 N–H and O–H groups in total. The highest BCUT2D eigenvalue weighted by Gasteiger charge is 2.17. The van der Waals surface area contributed by atoms with Crippen LogP contribution in [0.1, 0.15) is 31.4 Å². The molecule has 0 saturated heterocycles. The third-order valence-corrected chi connectivity index (χ3v) is 2.54. The van der Waals surface area contributed by atoms with Crippen LogP contribution in [0.15, 0.2) is 18.2 Å². The van der Waals surface area contributed by atoms with Crippen LogP contribution in [0.3, 0.4) is 0 Å². The number of hydrogen-bond acceptors (Lipinski definition) is 2. The number of benzene rings is 1. The fraction of sp³-hybridized carbons (Fsp3) is 0.417. The number of carbonyl (C=O) groups is 1. The van der Waals surface area contributed by atoms with Crippen molar-refractivity contribution in [2.24, 2.45) is 11.7 Å². The highest BCUT2D eigenvalue weighted by molar-refractivity contribution is 5.66. The summed E-state index contributed by atoms with van der Waals surface area (Å²) in [6.45, 7) is 1.71. The summed E-state index contributed by atoms with van der Waals surface area (Å²) in [5.41, 5.74) is 5.83. The van der Waals surface area contributed by atoms with Gasteiger partial charge in [0.05, 0.1) is 0 Å². The topological polar surface area (TPSA) is 63.3 Å². The second-order valence-electron chi connectivity index (χ2n) is 4.21. The zero-order valence-electron chi connectivity index (χ0n) is 9.49. The van der Waals surface area contributed by atoms with Gasteiger partial charge in [-0.25, -0.2) is 8.78 Å². The monoisotopic (exact) mass is 243 g/mol. The van der Waals surface area contributed by atoms with E-state index in [4.69, 9.17) is 10.8 Å². The van der Waals surface area contributed by atoms with Crippen LogP contribution in [-0.2, 0) is 4.79 Å². The Balaban J connectivity index is 2.72. The molecule has 0 spiro atoms. The quantitative estimate of drug-likeness (QED) is 0.835. The van der Waals surface area contributed by atoms with E-state index in [0.717, 1.165) is 18.2 Å². The molecule has 0 bridgehead atoms. The van der Waals surface area contributed by atoms with Gasteiger partial charge in [-0.05, 0) is 30.5 Å². The third kappa shape index (κ3) is 4.11. The summed E-state index contributed by atoms with van der Waals surface area (Å²) in [4.78, 5) is 10.5. The van der Waals surface area contributed by atoms with Gasteiger partial charge >= 0.3 is 5.97 Å². The lowest BCUT2D eigenvalue weighted by Gasteiger charge is -2.16. The smallest absolute Gasteiger partial charge is 0.303 e. The molecule has 2 unspecified atom stereocenters. The summed E-state index contributed by atoms with van der Waals surface area (Å²) >= 11 is 0. The maximum absolute atomic E-state index is 13.4. The molecule has 0 aliphatic heterocycles. The first-order chi connectivity index (χ1) is 7.90. The molecule has 5 heteroatoms. The SMILES string of the molecule is CC(CC(=O)O)CC(N)c1cc(F)ccc1F. The second kappa shape index (κ2) is 5.72. The van der Waals surface area contributed by atoms with Crippen LogP contribution in [-0.4, -0.2) is 11.1 Å². The Bertz CT molecular complexity index is 409. The lowest BCUT2D eigenvalue weighted by molar-refractivity contribution is -0.138. The molecule has 0 aromatic heterocycles. The fourth-order valence-corrected chi connectivity index (χ4v) is 1.74. The van der Waals surface area contributed by atoms with Gasteiger partial charge in [-0.3, -0.25) is 4.79 Å². The molecule has 1 rings (SSSR count). The van der Waals surface area contributed by atoms with Gasteiger partial charge in [-0.15, -0.1) is 0 Å². The summed E-state index contributed by atoms with van der Waals surface area (Å²) in [6, 6.07) is 2.39. The zero-order valence-corrected chi connectivity index (χ0v) is 9.49. The number of rotatable bonds is 5. The molecule has 94 valence electrons. The first kappa shape index (κ1) is 13.6. The summed E-state index contributed by atoms with van der Waals surface area (Å²) in [5, 5.41) is 8.59. The van der Waals surface area contributed by atoms with Crippen molar-refractivity contribution in [1.29, 1.82) is 0 Å². The number of nitrogens with two attached hydrogens (primary N) is 1. The Labute approximate surface area is 98.2 Å². The first-order valence-corrected chi connectivity index (χ1v) is 5.32. The molecule has 0 aliphatic rings. The number of halogens is 2. The molecule has 17 heavy (non-hydrogen) atoms. The van der Waals surface area contributed by atoms with Crippen LogP contribution >= 0.6 is 0 Å². The summed E-state index contributed by atoms with van der Waals surface area (Å²) < 4.78 is 26.3. The number of aliphatic carboxylic acids is 1. The molecular formula is C12H15F2NO2. The third-order valence-electron chi connectivity index (χ3n) is 2.54. The molecule has 0 saturated carbocycles. The molecule has 0 heterocycles. The van der Waals surface area contributed by atoms with Gasteiger partial charge in [0.2, 0.25) is 0 Å². The average molecular weight is 243 g/mol. The molecule has 0 aliphatic carbocycles. The molecule has 1 aromatic rings. The highest BCUT2D eigenvalue weighted by Crippen LogP contribution is 2.23. The van der Waals surface area contributed by atoms with E-state index < -0.39 is 23.6 Å². The maximum Gasteiger partial charge on any atom is 0.303 e. The molecule has 0 amide bonds. The van der Waals surface area contributed by atoms with E-state index in [9.17, 15) is 13.6 Å². The van der Waals surface area contributed by atoms with Crippen molar-refractivity contribution < 1.29 is 18.7 Å². The van der Waals surface area contributed by atoms with Crippen molar-refractivity contribution in [3.05, 3.63) is 35.4 Å². The second-order valence-corrected chi connectivity index (χ2v) is 4.21. The Hall–Kier alpha value is -1.49. The van der Waals surface area contributed by atoms with E-state index in [1.54, 1.807) is 6.92 Å². The van der Waals surface area contributed by atoms with Gasteiger partial charge in [0.15, 0.2) is 0 Å². The highest BCUT2D eigenvalue weighted by atomic mass is 19.1. The van der Waals surface area contributed by atoms with Crippen molar-refractivity contribution >= 4 is 5.97 Å². The number of carboxylic acids is 1. The lowest BCUT2D eigenvalue weighted by Crippen LogP contribution is -2.17. The Morgan fingerprint density at radius 1 is 1.47 bits per heavy atom. The van der Waals surface area contributed by atoms with Crippen molar-refractivity contribution in [2.45, 2.75) is 25.8 Å². The van der Waals surface area contributed by atoms with Gasteiger partial charge in [0.1, 0.15) is 11.6 Å². The summed E-state index contributed by atoms with van der Waals surface area (Å²) in [5.74, 6) is -2.24. The van der Waals surface area contributed by atoms with Crippen LogP contribution in [0.4, 0.5) is 8.78 Å². The Morgan fingerprint density at radius 3 is 2.71 bits per heavy atom. The van der Waals surface area contributed by atoms with Gasteiger partial charge in [-0.2, -0.15) is 0 Å². The van der Waals surface area contributed by atoms with Gasteiger partial charge < -0.3 is 10.8 Å². The summed E-state index contributed by atoms with van der Waals surface area (Å²) in [7, 11) is 0.